The molecule has 1 heterocycles. The molecule has 1 aliphatic rings. The molecule has 5 nitrogen and oxygen atoms in total. The number of likely N-dealkylation sites (tertiary alicyclic amines) is 1. The van der Waals surface area contributed by atoms with Crippen molar-refractivity contribution in [2.45, 2.75) is 19.4 Å². The zero-order valence-corrected chi connectivity index (χ0v) is 12.7. The summed E-state index contributed by atoms with van der Waals surface area (Å²) in [5.74, 6) is -0.701. The fourth-order valence-electron chi connectivity index (χ4n) is 2.59. The summed E-state index contributed by atoms with van der Waals surface area (Å²) >= 11 is 0. The van der Waals surface area contributed by atoms with Gasteiger partial charge in [-0.15, -0.1) is 0 Å². The van der Waals surface area contributed by atoms with Gasteiger partial charge in [0.05, 0.1) is 19.6 Å². The molecule has 0 spiro atoms. The van der Waals surface area contributed by atoms with Gasteiger partial charge in [-0.05, 0) is 32.0 Å². The predicted octanol–water partition coefficient (Wildman–Crippen LogP) is 1.33. The van der Waals surface area contributed by atoms with E-state index in [-0.39, 0.29) is 36.7 Å². The third-order valence-corrected chi connectivity index (χ3v) is 3.92. The first kappa shape index (κ1) is 16.4. The Hall–Kier alpha value is -1.95. The number of carbonyl (C=O) groups excluding carboxylic acids is 2. The van der Waals surface area contributed by atoms with Crippen molar-refractivity contribution in [3.63, 3.8) is 0 Å². The van der Waals surface area contributed by atoms with Crippen LogP contribution < -0.4 is 5.32 Å². The van der Waals surface area contributed by atoms with Crippen molar-refractivity contribution in [3.05, 3.63) is 35.6 Å². The number of piperidine rings is 1. The second-order valence-electron chi connectivity index (χ2n) is 5.44. The van der Waals surface area contributed by atoms with E-state index in [4.69, 9.17) is 4.74 Å². The van der Waals surface area contributed by atoms with Crippen molar-refractivity contribution in [1.82, 2.24) is 10.2 Å². The zero-order chi connectivity index (χ0) is 15.9. The lowest BCUT2D eigenvalue weighted by Gasteiger charge is -2.29. The molecular weight excluding hydrogens is 287 g/mol. The van der Waals surface area contributed by atoms with Gasteiger partial charge in [0.25, 0.3) is 0 Å². The molecule has 0 aromatic heterocycles. The number of halogens is 1. The van der Waals surface area contributed by atoms with Crippen LogP contribution in [0.15, 0.2) is 24.3 Å². The van der Waals surface area contributed by atoms with Crippen molar-refractivity contribution >= 4 is 11.9 Å². The van der Waals surface area contributed by atoms with Crippen molar-refractivity contribution in [2.24, 2.45) is 5.92 Å². The average molecular weight is 308 g/mol. The minimum Gasteiger partial charge on any atom is -0.469 e. The molecule has 22 heavy (non-hydrogen) atoms. The van der Waals surface area contributed by atoms with Gasteiger partial charge in [-0.25, -0.2) is 4.39 Å². The minimum absolute atomic E-state index is 0.0669. The van der Waals surface area contributed by atoms with E-state index >= 15 is 0 Å². The Morgan fingerprint density at radius 1 is 1.32 bits per heavy atom. The molecule has 1 aromatic carbocycles. The van der Waals surface area contributed by atoms with E-state index in [2.05, 4.69) is 5.32 Å². The summed E-state index contributed by atoms with van der Waals surface area (Å²) in [6, 6.07) is 6.38. The van der Waals surface area contributed by atoms with Crippen LogP contribution in [0.3, 0.4) is 0 Å². The lowest BCUT2D eigenvalue weighted by molar-refractivity contribution is -0.147. The SMILES string of the molecule is COC(=O)C1CCN(CC(=O)NCc2ccccc2F)CC1. The molecule has 0 atom stereocenters. The van der Waals surface area contributed by atoms with Crippen LogP contribution in [0.2, 0.25) is 0 Å². The number of carbonyl (C=O) groups is 2. The van der Waals surface area contributed by atoms with Gasteiger partial charge in [0, 0.05) is 12.1 Å². The molecule has 1 N–H and O–H groups in total. The molecule has 0 saturated carbocycles. The lowest BCUT2D eigenvalue weighted by atomic mass is 9.97. The average Bonchev–Trinajstić information content (AvgIpc) is 2.54. The number of esters is 1. The highest BCUT2D eigenvalue weighted by Gasteiger charge is 2.26. The lowest BCUT2D eigenvalue weighted by Crippen LogP contribution is -2.42. The van der Waals surface area contributed by atoms with Gasteiger partial charge in [0.2, 0.25) is 5.91 Å². The number of ether oxygens (including phenoxy) is 1. The topological polar surface area (TPSA) is 58.6 Å². The van der Waals surface area contributed by atoms with E-state index in [1.54, 1.807) is 18.2 Å². The number of benzene rings is 1. The maximum atomic E-state index is 13.4. The van der Waals surface area contributed by atoms with Crippen molar-refractivity contribution in [1.29, 1.82) is 0 Å². The number of hydrogen-bond donors (Lipinski definition) is 1. The van der Waals surface area contributed by atoms with Crippen molar-refractivity contribution in [2.75, 3.05) is 26.7 Å². The normalized spacial score (nSPS) is 16.3. The van der Waals surface area contributed by atoms with E-state index in [9.17, 15) is 14.0 Å². The molecular formula is C16H21FN2O3. The standard InChI is InChI=1S/C16H21FN2O3/c1-22-16(21)12-6-8-19(9-7-12)11-15(20)18-10-13-4-2-3-5-14(13)17/h2-5,12H,6-11H2,1H3,(H,18,20). The molecule has 120 valence electrons. The molecule has 2 rings (SSSR count). The monoisotopic (exact) mass is 308 g/mol. The van der Waals surface area contributed by atoms with Gasteiger partial charge >= 0.3 is 5.97 Å². The summed E-state index contributed by atoms with van der Waals surface area (Å²) in [6.45, 7) is 1.83. The number of methoxy groups -OCH3 is 1. The Labute approximate surface area is 129 Å². The number of nitrogens with zero attached hydrogens (tertiary/aromatic N) is 1. The van der Waals surface area contributed by atoms with E-state index in [1.165, 1.54) is 13.2 Å². The second-order valence-corrected chi connectivity index (χ2v) is 5.44. The summed E-state index contributed by atoms with van der Waals surface area (Å²) in [5, 5.41) is 2.72. The quantitative estimate of drug-likeness (QED) is 0.834. The van der Waals surface area contributed by atoms with E-state index in [0.29, 0.717) is 31.5 Å². The van der Waals surface area contributed by atoms with Gasteiger partial charge in [-0.3, -0.25) is 14.5 Å². The molecule has 1 fully saturated rings. The van der Waals surface area contributed by atoms with Crippen LogP contribution in [0, 0.1) is 11.7 Å². The summed E-state index contributed by atoms with van der Waals surface area (Å²) in [4.78, 5) is 25.3. The summed E-state index contributed by atoms with van der Waals surface area (Å²) < 4.78 is 18.2. The highest BCUT2D eigenvalue weighted by molar-refractivity contribution is 5.78. The number of rotatable bonds is 5. The molecule has 1 aromatic rings. The zero-order valence-electron chi connectivity index (χ0n) is 12.7. The Morgan fingerprint density at radius 3 is 2.64 bits per heavy atom. The van der Waals surface area contributed by atoms with Crippen molar-refractivity contribution < 1.29 is 18.7 Å². The van der Waals surface area contributed by atoms with Gasteiger partial charge in [-0.1, -0.05) is 18.2 Å². The number of amides is 1. The first-order chi connectivity index (χ1) is 10.6. The Kier molecular flexibility index (Phi) is 5.89. The number of nitrogens with one attached hydrogen (secondary N) is 1. The Morgan fingerprint density at radius 2 is 2.00 bits per heavy atom. The fraction of sp³-hybridized carbons (Fsp3) is 0.500. The third-order valence-electron chi connectivity index (χ3n) is 3.92. The van der Waals surface area contributed by atoms with Gasteiger partial charge in [-0.2, -0.15) is 0 Å². The largest absolute Gasteiger partial charge is 0.469 e. The van der Waals surface area contributed by atoms with Crippen LogP contribution in [-0.4, -0.2) is 43.5 Å². The van der Waals surface area contributed by atoms with Crippen LogP contribution in [-0.2, 0) is 20.9 Å². The third kappa shape index (κ3) is 4.53. The van der Waals surface area contributed by atoms with E-state index in [1.807, 2.05) is 4.90 Å². The fourth-order valence-corrected chi connectivity index (χ4v) is 2.59. The van der Waals surface area contributed by atoms with Crippen LogP contribution in [0.1, 0.15) is 18.4 Å². The summed E-state index contributed by atoms with van der Waals surface area (Å²) in [6.07, 6.45) is 1.40. The number of hydrogen-bond acceptors (Lipinski definition) is 4. The first-order valence-electron chi connectivity index (χ1n) is 7.40. The molecule has 1 saturated heterocycles. The van der Waals surface area contributed by atoms with Crippen LogP contribution >= 0.6 is 0 Å². The van der Waals surface area contributed by atoms with Gasteiger partial charge < -0.3 is 10.1 Å². The highest BCUT2D eigenvalue weighted by atomic mass is 19.1. The minimum atomic E-state index is -0.318. The maximum Gasteiger partial charge on any atom is 0.308 e. The summed E-state index contributed by atoms with van der Waals surface area (Å²) in [7, 11) is 1.39. The van der Waals surface area contributed by atoms with Crippen molar-refractivity contribution in [3.8, 4) is 0 Å². The van der Waals surface area contributed by atoms with E-state index in [0.717, 1.165) is 0 Å². The molecule has 1 aliphatic heterocycles. The molecule has 1 amide bonds. The highest BCUT2D eigenvalue weighted by Crippen LogP contribution is 2.18. The van der Waals surface area contributed by atoms with E-state index < -0.39 is 0 Å². The van der Waals surface area contributed by atoms with Gasteiger partial charge in [0.1, 0.15) is 5.82 Å². The first-order valence-corrected chi connectivity index (χ1v) is 7.40. The molecule has 0 unspecified atom stereocenters. The molecule has 6 heteroatoms. The molecule has 0 bridgehead atoms. The van der Waals surface area contributed by atoms with Crippen LogP contribution in [0.25, 0.3) is 0 Å². The van der Waals surface area contributed by atoms with Crippen LogP contribution in [0.5, 0.6) is 0 Å². The Balaban J connectivity index is 1.72. The van der Waals surface area contributed by atoms with Crippen LogP contribution in [0.4, 0.5) is 4.39 Å². The predicted molar refractivity (Wildman–Crippen MR) is 79.4 cm³/mol. The summed E-state index contributed by atoms with van der Waals surface area (Å²) in [5.41, 5.74) is 0.472. The maximum absolute atomic E-state index is 13.4. The van der Waals surface area contributed by atoms with Gasteiger partial charge in [0.15, 0.2) is 0 Å². The smallest absolute Gasteiger partial charge is 0.308 e. The molecule has 0 radical (unpaired) electrons. The Bertz CT molecular complexity index is 528. The molecule has 0 aliphatic carbocycles. The second kappa shape index (κ2) is 7.89.